The third-order valence-electron chi connectivity index (χ3n) is 7.77. The molecule has 1 aromatic carbocycles. The molecule has 2 aliphatic rings. The Labute approximate surface area is 220 Å². The number of fused-ring (bicyclic) bond motifs is 2. The lowest BCUT2D eigenvalue weighted by Crippen LogP contribution is -2.51. The highest BCUT2D eigenvalue weighted by Gasteiger charge is 2.47. The minimum atomic E-state index is -1.04. The summed E-state index contributed by atoms with van der Waals surface area (Å²) < 4.78 is 7.92. The number of anilines is 2. The van der Waals surface area contributed by atoms with Gasteiger partial charge in [0.1, 0.15) is 16.9 Å². The Morgan fingerprint density at radius 3 is 2.79 bits per heavy atom. The molecule has 4 aromatic rings. The van der Waals surface area contributed by atoms with Crippen LogP contribution in [0.1, 0.15) is 42.4 Å². The minimum Gasteiger partial charge on any atom is -0.484 e. The minimum absolute atomic E-state index is 0.276. The molecule has 1 atom stereocenters. The second kappa shape index (κ2) is 9.10. The van der Waals surface area contributed by atoms with Crippen LogP contribution in [0, 0.1) is 0 Å². The summed E-state index contributed by atoms with van der Waals surface area (Å²) in [7, 11) is 0. The van der Waals surface area contributed by atoms with Crippen molar-refractivity contribution >= 4 is 22.9 Å². The number of carbonyl (C=O) groups excluding carboxylic acids is 1. The molecule has 1 amide bonds. The number of aliphatic hydroxyl groups is 1. The van der Waals surface area contributed by atoms with Crippen LogP contribution in [0.5, 0.6) is 5.75 Å². The van der Waals surface area contributed by atoms with Gasteiger partial charge in [-0.2, -0.15) is 5.10 Å². The van der Waals surface area contributed by atoms with E-state index in [0.717, 1.165) is 55.4 Å². The summed E-state index contributed by atoms with van der Waals surface area (Å²) in [4.78, 5) is 29.7. The van der Waals surface area contributed by atoms with Crippen LogP contribution in [-0.2, 0) is 13.0 Å². The Balaban J connectivity index is 1.29. The van der Waals surface area contributed by atoms with Gasteiger partial charge in [0.05, 0.1) is 29.5 Å². The molecule has 11 heteroatoms. The van der Waals surface area contributed by atoms with Gasteiger partial charge in [-0.3, -0.25) is 9.69 Å². The predicted octanol–water partition coefficient (Wildman–Crippen LogP) is 2.49. The Morgan fingerprint density at radius 1 is 1.24 bits per heavy atom. The molecule has 2 aliphatic heterocycles. The van der Waals surface area contributed by atoms with Crippen LogP contribution in [0.4, 0.5) is 11.4 Å². The van der Waals surface area contributed by atoms with Crippen molar-refractivity contribution in [3.63, 3.8) is 0 Å². The van der Waals surface area contributed by atoms with E-state index in [-0.39, 0.29) is 5.91 Å². The lowest BCUT2D eigenvalue weighted by atomic mass is 9.84. The number of aromatic nitrogens is 5. The Bertz CT molecular complexity index is 1470. The van der Waals surface area contributed by atoms with Crippen molar-refractivity contribution in [3.8, 4) is 5.75 Å². The highest BCUT2D eigenvalue weighted by molar-refractivity contribution is 6.09. The number of rotatable bonds is 6. The Hall–Kier alpha value is -3.96. The van der Waals surface area contributed by atoms with Crippen LogP contribution in [0.25, 0.3) is 5.65 Å². The zero-order valence-electron chi connectivity index (χ0n) is 21.8. The summed E-state index contributed by atoms with van der Waals surface area (Å²) in [5, 5.41) is 18.2. The molecule has 3 N–H and O–H groups in total. The first kappa shape index (κ1) is 24.4. The van der Waals surface area contributed by atoms with Gasteiger partial charge in [-0.15, -0.1) is 0 Å². The van der Waals surface area contributed by atoms with Crippen LogP contribution < -0.4 is 15.0 Å². The zero-order valence-corrected chi connectivity index (χ0v) is 21.8. The SMILES string of the molecule is CC(C)(O)[C@@]1(C)Cc2cc(NC(=O)c3cnn4cccnc34)c(N3CCN(Cc4cnc[nH]4)CC3)cc2O1. The monoisotopic (exact) mass is 516 g/mol. The van der Waals surface area contributed by atoms with E-state index < -0.39 is 11.2 Å². The van der Waals surface area contributed by atoms with Crippen molar-refractivity contribution in [1.29, 1.82) is 0 Å². The van der Waals surface area contributed by atoms with Crippen molar-refractivity contribution in [1.82, 2.24) is 29.5 Å². The van der Waals surface area contributed by atoms with Crippen molar-refractivity contribution in [2.24, 2.45) is 0 Å². The number of aromatic amines is 1. The lowest BCUT2D eigenvalue weighted by molar-refractivity contribution is -0.0900. The molecular formula is C27H32N8O3. The summed E-state index contributed by atoms with van der Waals surface area (Å²) in [6.45, 7) is 9.57. The molecule has 38 heavy (non-hydrogen) atoms. The summed E-state index contributed by atoms with van der Waals surface area (Å²) in [6, 6.07) is 5.75. The molecule has 1 fully saturated rings. The molecule has 1 saturated heterocycles. The molecule has 0 unspecified atom stereocenters. The standard InChI is InChI=1S/C27H32N8O3/c1-26(2,37)27(3)13-18-11-21(32-25(36)20-15-31-35-6-4-5-29-24(20)35)22(12-23(18)38-27)34-9-7-33(8-10-34)16-19-14-28-17-30-19/h4-6,11-12,14-15,17,37H,7-10,13,16H2,1-3H3,(H,28,30)(H,32,36)/t27-/m1/s1. The first-order valence-electron chi connectivity index (χ1n) is 12.8. The van der Waals surface area contributed by atoms with E-state index >= 15 is 0 Å². The lowest BCUT2D eigenvalue weighted by Gasteiger charge is -2.37. The summed E-state index contributed by atoms with van der Waals surface area (Å²) in [5.74, 6) is 0.460. The predicted molar refractivity (Wildman–Crippen MR) is 142 cm³/mol. The number of imidazole rings is 1. The average Bonchev–Trinajstić information content (AvgIpc) is 3.62. The molecule has 0 aliphatic carbocycles. The topological polar surface area (TPSA) is 124 Å². The molecule has 0 radical (unpaired) electrons. The Morgan fingerprint density at radius 2 is 2.05 bits per heavy atom. The van der Waals surface area contributed by atoms with Crippen molar-refractivity contribution in [3.05, 3.63) is 66.1 Å². The molecule has 6 rings (SSSR count). The van der Waals surface area contributed by atoms with Gasteiger partial charge in [0.25, 0.3) is 5.91 Å². The van der Waals surface area contributed by atoms with E-state index in [0.29, 0.717) is 23.3 Å². The number of hydrogen-bond acceptors (Lipinski definition) is 8. The van der Waals surface area contributed by atoms with E-state index in [4.69, 9.17) is 4.74 Å². The first-order chi connectivity index (χ1) is 18.2. The number of amides is 1. The number of nitrogens with zero attached hydrogens (tertiary/aromatic N) is 6. The number of H-pyrrole nitrogens is 1. The van der Waals surface area contributed by atoms with Gasteiger partial charge in [0.2, 0.25) is 0 Å². The van der Waals surface area contributed by atoms with Crippen molar-refractivity contribution in [2.45, 2.75) is 44.9 Å². The van der Waals surface area contributed by atoms with Crippen LogP contribution in [-0.4, -0.2) is 77.9 Å². The van der Waals surface area contributed by atoms with E-state index in [2.05, 4.69) is 35.2 Å². The third kappa shape index (κ3) is 4.37. The molecule has 0 saturated carbocycles. The average molecular weight is 517 g/mol. The smallest absolute Gasteiger partial charge is 0.261 e. The number of piperazine rings is 1. The quantitative estimate of drug-likeness (QED) is 0.357. The van der Waals surface area contributed by atoms with Gasteiger partial charge in [-0.05, 0) is 32.9 Å². The van der Waals surface area contributed by atoms with Crippen LogP contribution in [0.15, 0.2) is 49.3 Å². The maximum atomic E-state index is 13.4. The highest BCUT2D eigenvalue weighted by atomic mass is 16.5. The number of ether oxygens (including phenoxy) is 1. The third-order valence-corrected chi connectivity index (χ3v) is 7.77. The van der Waals surface area contributed by atoms with Gasteiger partial charge in [0, 0.05) is 75.1 Å². The van der Waals surface area contributed by atoms with E-state index in [1.54, 1.807) is 43.2 Å². The number of benzene rings is 1. The normalized spacial score (nSPS) is 19.9. The molecule has 0 spiro atoms. The van der Waals surface area contributed by atoms with Crippen molar-refractivity contribution < 1.29 is 14.6 Å². The number of hydrogen-bond donors (Lipinski definition) is 3. The second-order valence-electron chi connectivity index (χ2n) is 10.8. The first-order valence-corrected chi connectivity index (χ1v) is 12.8. The maximum Gasteiger partial charge on any atom is 0.261 e. The fourth-order valence-corrected chi connectivity index (χ4v) is 5.13. The molecule has 198 valence electrons. The van der Waals surface area contributed by atoms with Crippen LogP contribution in [0.3, 0.4) is 0 Å². The second-order valence-corrected chi connectivity index (χ2v) is 10.8. The molecular weight excluding hydrogens is 484 g/mol. The highest BCUT2D eigenvalue weighted by Crippen LogP contribution is 2.45. The van der Waals surface area contributed by atoms with Gasteiger partial charge in [0.15, 0.2) is 5.65 Å². The molecule has 3 aromatic heterocycles. The summed E-state index contributed by atoms with van der Waals surface area (Å²) in [6.07, 6.45) is 9.03. The van der Waals surface area contributed by atoms with E-state index in [1.807, 2.05) is 25.3 Å². The fourth-order valence-electron chi connectivity index (χ4n) is 5.13. The van der Waals surface area contributed by atoms with Gasteiger partial charge in [-0.1, -0.05) is 0 Å². The van der Waals surface area contributed by atoms with Gasteiger partial charge in [-0.25, -0.2) is 14.5 Å². The van der Waals surface area contributed by atoms with Gasteiger partial charge >= 0.3 is 0 Å². The largest absolute Gasteiger partial charge is 0.484 e. The number of nitrogens with one attached hydrogen (secondary N) is 2. The molecule has 0 bridgehead atoms. The van der Waals surface area contributed by atoms with E-state index in [9.17, 15) is 9.90 Å². The van der Waals surface area contributed by atoms with Crippen LogP contribution in [0.2, 0.25) is 0 Å². The summed E-state index contributed by atoms with van der Waals surface area (Å²) in [5.41, 5.74) is 2.71. The maximum absolute atomic E-state index is 13.4. The molecule has 11 nitrogen and oxygen atoms in total. The zero-order chi connectivity index (χ0) is 26.5. The van der Waals surface area contributed by atoms with Crippen LogP contribution >= 0.6 is 0 Å². The number of carbonyl (C=O) groups is 1. The van der Waals surface area contributed by atoms with Crippen molar-refractivity contribution in [2.75, 3.05) is 36.4 Å². The Kier molecular flexibility index (Phi) is 5.84. The van der Waals surface area contributed by atoms with Gasteiger partial charge < -0.3 is 25.0 Å². The fraction of sp³-hybridized carbons (Fsp3) is 0.407. The molecule has 5 heterocycles. The summed E-state index contributed by atoms with van der Waals surface area (Å²) >= 11 is 0. The van der Waals surface area contributed by atoms with E-state index in [1.165, 1.54) is 6.20 Å².